The van der Waals surface area contributed by atoms with Crippen LogP contribution in [0.25, 0.3) is 5.95 Å². The molecule has 1 N–H and O–H groups in total. The lowest BCUT2D eigenvalue weighted by Crippen LogP contribution is -2.17. The summed E-state index contributed by atoms with van der Waals surface area (Å²) in [5.41, 5.74) is 0.997. The molecule has 3 rings (SSSR count). The zero-order valence-electron chi connectivity index (χ0n) is 11.8. The van der Waals surface area contributed by atoms with Crippen LogP contribution in [-0.4, -0.2) is 38.8 Å². The van der Waals surface area contributed by atoms with Crippen molar-refractivity contribution in [3.05, 3.63) is 48.8 Å². The quantitative estimate of drug-likeness (QED) is 0.787. The van der Waals surface area contributed by atoms with E-state index >= 15 is 0 Å². The predicted molar refractivity (Wildman–Crippen MR) is 81.0 cm³/mol. The lowest BCUT2D eigenvalue weighted by Gasteiger charge is -2.18. The molecule has 106 valence electrons. The zero-order valence-corrected chi connectivity index (χ0v) is 11.8. The molecular formula is C14H15N7. The molecule has 0 fully saturated rings. The number of hydrogen-bond donors (Lipinski definition) is 1. The van der Waals surface area contributed by atoms with E-state index in [-0.39, 0.29) is 0 Å². The summed E-state index contributed by atoms with van der Waals surface area (Å²) in [5, 5.41) is 7.10. The van der Waals surface area contributed by atoms with Gasteiger partial charge in [-0.05, 0) is 18.2 Å². The van der Waals surface area contributed by atoms with Crippen LogP contribution in [0, 0.1) is 0 Å². The van der Waals surface area contributed by atoms with E-state index < -0.39 is 0 Å². The lowest BCUT2D eigenvalue weighted by molar-refractivity contribution is 0.793. The van der Waals surface area contributed by atoms with Gasteiger partial charge < -0.3 is 10.2 Å². The first-order chi connectivity index (χ1) is 10.3. The maximum Gasteiger partial charge on any atom is 0.257 e. The fraction of sp³-hybridized carbons (Fsp3) is 0.143. The van der Waals surface area contributed by atoms with Crippen molar-refractivity contribution in [2.24, 2.45) is 0 Å². The van der Waals surface area contributed by atoms with E-state index in [4.69, 9.17) is 0 Å². The number of benzene rings is 1. The largest absolute Gasteiger partial charge is 0.357 e. The SMILES string of the molecule is CNc1nc(N(C)c2ccccc2)nc(-n2cccn2)n1. The third kappa shape index (κ3) is 2.66. The van der Waals surface area contributed by atoms with E-state index in [1.165, 1.54) is 0 Å². The van der Waals surface area contributed by atoms with Gasteiger partial charge in [-0.25, -0.2) is 4.68 Å². The van der Waals surface area contributed by atoms with Crippen LogP contribution in [-0.2, 0) is 0 Å². The van der Waals surface area contributed by atoms with E-state index in [2.05, 4.69) is 25.4 Å². The minimum absolute atomic E-state index is 0.470. The highest BCUT2D eigenvalue weighted by Gasteiger charge is 2.12. The molecule has 0 atom stereocenters. The van der Waals surface area contributed by atoms with Crippen molar-refractivity contribution in [1.82, 2.24) is 24.7 Å². The van der Waals surface area contributed by atoms with E-state index in [1.54, 1.807) is 24.1 Å². The zero-order chi connectivity index (χ0) is 14.7. The van der Waals surface area contributed by atoms with Crippen LogP contribution in [0.5, 0.6) is 0 Å². The van der Waals surface area contributed by atoms with Crippen LogP contribution in [0.15, 0.2) is 48.8 Å². The molecule has 0 bridgehead atoms. The van der Waals surface area contributed by atoms with Crippen LogP contribution in [0.4, 0.5) is 17.6 Å². The maximum absolute atomic E-state index is 4.46. The Hall–Kier alpha value is -2.96. The Kier molecular flexibility index (Phi) is 3.46. The Labute approximate surface area is 122 Å². The molecule has 0 saturated heterocycles. The molecule has 7 heteroatoms. The average Bonchev–Trinajstić information content (AvgIpc) is 3.09. The molecule has 0 aliphatic heterocycles. The summed E-state index contributed by atoms with van der Waals surface area (Å²) in [6, 6.07) is 11.7. The predicted octanol–water partition coefficient (Wildman–Crippen LogP) is 1.87. The molecular weight excluding hydrogens is 266 g/mol. The number of rotatable bonds is 4. The van der Waals surface area contributed by atoms with Crippen molar-refractivity contribution >= 4 is 17.6 Å². The molecule has 0 aliphatic carbocycles. The van der Waals surface area contributed by atoms with Crippen LogP contribution < -0.4 is 10.2 Å². The highest BCUT2D eigenvalue weighted by molar-refractivity contribution is 5.57. The van der Waals surface area contributed by atoms with Crippen LogP contribution >= 0.6 is 0 Å². The third-order valence-corrected chi connectivity index (χ3v) is 2.99. The highest BCUT2D eigenvalue weighted by Crippen LogP contribution is 2.20. The van der Waals surface area contributed by atoms with Crippen LogP contribution in [0.3, 0.4) is 0 Å². The Balaban J connectivity index is 2.04. The molecule has 1 aromatic carbocycles. The smallest absolute Gasteiger partial charge is 0.257 e. The summed E-state index contributed by atoms with van der Waals surface area (Å²) in [4.78, 5) is 15.1. The molecule has 0 amide bonds. The number of nitrogens with one attached hydrogen (secondary N) is 1. The van der Waals surface area contributed by atoms with Gasteiger partial charge in [0.25, 0.3) is 5.95 Å². The summed E-state index contributed by atoms with van der Waals surface area (Å²) >= 11 is 0. The summed E-state index contributed by atoms with van der Waals surface area (Å²) in [6.45, 7) is 0. The van der Waals surface area contributed by atoms with Gasteiger partial charge in [0, 0.05) is 32.2 Å². The van der Waals surface area contributed by atoms with Gasteiger partial charge in [-0.3, -0.25) is 0 Å². The Morgan fingerprint density at radius 1 is 1.05 bits per heavy atom. The van der Waals surface area contributed by atoms with Gasteiger partial charge in [0.05, 0.1) is 0 Å². The maximum atomic E-state index is 4.46. The minimum Gasteiger partial charge on any atom is -0.357 e. The van der Waals surface area contributed by atoms with Gasteiger partial charge in [-0.2, -0.15) is 20.1 Å². The lowest BCUT2D eigenvalue weighted by atomic mass is 10.3. The molecule has 2 heterocycles. The van der Waals surface area contributed by atoms with Crippen molar-refractivity contribution in [3.63, 3.8) is 0 Å². The van der Waals surface area contributed by atoms with Gasteiger partial charge in [0.1, 0.15) is 0 Å². The third-order valence-electron chi connectivity index (χ3n) is 2.99. The van der Waals surface area contributed by atoms with Gasteiger partial charge in [-0.1, -0.05) is 18.2 Å². The highest BCUT2D eigenvalue weighted by atomic mass is 15.4. The second-order valence-electron chi connectivity index (χ2n) is 4.35. The Bertz CT molecular complexity index is 709. The number of aromatic nitrogens is 5. The minimum atomic E-state index is 0.470. The van der Waals surface area contributed by atoms with Gasteiger partial charge >= 0.3 is 0 Å². The number of para-hydroxylation sites is 1. The van der Waals surface area contributed by atoms with Crippen molar-refractivity contribution in [2.45, 2.75) is 0 Å². The first-order valence-corrected chi connectivity index (χ1v) is 6.50. The second kappa shape index (κ2) is 5.58. The summed E-state index contributed by atoms with van der Waals surface area (Å²) in [7, 11) is 3.69. The molecule has 0 spiro atoms. The number of anilines is 3. The van der Waals surface area contributed by atoms with Gasteiger partial charge in [0.2, 0.25) is 11.9 Å². The molecule has 2 aromatic heterocycles. The van der Waals surface area contributed by atoms with E-state index in [9.17, 15) is 0 Å². The molecule has 3 aromatic rings. The first kappa shape index (κ1) is 13.0. The Morgan fingerprint density at radius 3 is 2.52 bits per heavy atom. The van der Waals surface area contributed by atoms with E-state index in [0.717, 1.165) is 5.69 Å². The van der Waals surface area contributed by atoms with Crippen LogP contribution in [0.2, 0.25) is 0 Å². The Morgan fingerprint density at radius 2 is 1.86 bits per heavy atom. The van der Waals surface area contributed by atoms with Gasteiger partial charge in [0.15, 0.2) is 0 Å². The van der Waals surface area contributed by atoms with Crippen molar-refractivity contribution in [2.75, 3.05) is 24.3 Å². The monoisotopic (exact) mass is 281 g/mol. The summed E-state index contributed by atoms with van der Waals surface area (Å²) in [5.74, 6) is 1.51. The average molecular weight is 281 g/mol. The molecule has 21 heavy (non-hydrogen) atoms. The normalized spacial score (nSPS) is 10.4. The topological polar surface area (TPSA) is 71.8 Å². The van der Waals surface area contributed by atoms with Crippen molar-refractivity contribution < 1.29 is 0 Å². The van der Waals surface area contributed by atoms with Crippen LogP contribution in [0.1, 0.15) is 0 Å². The number of nitrogens with zero attached hydrogens (tertiary/aromatic N) is 6. The fourth-order valence-electron chi connectivity index (χ4n) is 1.87. The second-order valence-corrected chi connectivity index (χ2v) is 4.35. The molecule has 0 radical (unpaired) electrons. The first-order valence-electron chi connectivity index (χ1n) is 6.50. The van der Waals surface area contributed by atoms with Crippen molar-refractivity contribution in [1.29, 1.82) is 0 Å². The molecule has 0 aliphatic rings. The molecule has 0 saturated carbocycles. The molecule has 7 nitrogen and oxygen atoms in total. The van der Waals surface area contributed by atoms with Crippen molar-refractivity contribution in [3.8, 4) is 5.95 Å². The number of hydrogen-bond acceptors (Lipinski definition) is 6. The summed E-state index contributed by atoms with van der Waals surface area (Å²) in [6.07, 6.45) is 3.48. The van der Waals surface area contributed by atoms with E-state index in [0.29, 0.717) is 17.8 Å². The fourth-order valence-corrected chi connectivity index (χ4v) is 1.87. The van der Waals surface area contributed by atoms with Gasteiger partial charge in [-0.15, -0.1) is 0 Å². The van der Waals surface area contributed by atoms with E-state index in [1.807, 2.05) is 48.3 Å². The standard InChI is InChI=1S/C14H15N7/c1-15-12-17-13(20(2)11-7-4-3-5-8-11)19-14(18-12)21-10-6-9-16-21/h3-10H,1-2H3,(H,15,17,18,19). The molecule has 0 unspecified atom stereocenters. The summed E-state index contributed by atoms with van der Waals surface area (Å²) < 4.78 is 1.60.